The van der Waals surface area contributed by atoms with Crippen LogP contribution in [-0.4, -0.2) is 41.0 Å². The number of halogens is 3. The number of rotatable bonds is 4. The van der Waals surface area contributed by atoms with Crippen molar-refractivity contribution in [1.29, 1.82) is 0 Å². The zero-order valence-electron chi connectivity index (χ0n) is 15.2. The summed E-state index contributed by atoms with van der Waals surface area (Å²) in [6, 6.07) is 12.2. The summed E-state index contributed by atoms with van der Waals surface area (Å²) < 4.78 is 45.5. The maximum atomic E-state index is 13.3. The first-order valence-electron chi connectivity index (χ1n) is 9.37. The summed E-state index contributed by atoms with van der Waals surface area (Å²) in [5.41, 5.74) is -0.239. The van der Waals surface area contributed by atoms with E-state index in [-0.39, 0.29) is 12.1 Å². The summed E-state index contributed by atoms with van der Waals surface area (Å²) in [6.45, 7) is 1.72. The molecule has 2 aliphatic heterocycles. The van der Waals surface area contributed by atoms with E-state index in [9.17, 15) is 18.0 Å². The molecule has 0 aliphatic carbocycles. The van der Waals surface area contributed by atoms with Gasteiger partial charge in [-0.05, 0) is 30.5 Å². The van der Waals surface area contributed by atoms with Crippen molar-refractivity contribution in [3.05, 3.63) is 65.5 Å². The van der Waals surface area contributed by atoms with Gasteiger partial charge in [0.1, 0.15) is 5.69 Å². The third kappa shape index (κ3) is 3.82. The van der Waals surface area contributed by atoms with Gasteiger partial charge in [0, 0.05) is 30.7 Å². The molecule has 0 N–H and O–H groups in total. The van der Waals surface area contributed by atoms with Crippen molar-refractivity contribution in [2.75, 3.05) is 13.2 Å². The minimum Gasteiger partial charge on any atom is -0.378 e. The van der Waals surface area contributed by atoms with E-state index in [1.165, 1.54) is 17.8 Å². The summed E-state index contributed by atoms with van der Waals surface area (Å²) >= 11 is 0. The van der Waals surface area contributed by atoms with Gasteiger partial charge < -0.3 is 4.74 Å². The number of Topliss-reactive ketones (excluding diaryl/α,β-unsaturated/α-hetero) is 1. The number of ketones is 1. The van der Waals surface area contributed by atoms with E-state index in [1.54, 1.807) is 0 Å². The molecule has 2 aromatic rings. The summed E-state index contributed by atoms with van der Waals surface area (Å²) in [4.78, 5) is 19.1. The van der Waals surface area contributed by atoms with Crippen LogP contribution in [0.25, 0.3) is 0 Å². The monoisotopic (exact) mass is 390 g/mol. The first-order chi connectivity index (χ1) is 13.4. The number of piperidine rings is 1. The summed E-state index contributed by atoms with van der Waals surface area (Å²) in [5.74, 6) is -0.980. The first kappa shape index (κ1) is 19.1. The molecule has 2 bridgehead atoms. The van der Waals surface area contributed by atoms with Gasteiger partial charge in [-0.1, -0.05) is 30.3 Å². The number of pyridine rings is 1. The molecule has 0 spiro atoms. The lowest BCUT2D eigenvalue weighted by atomic mass is 9.80. The van der Waals surface area contributed by atoms with Gasteiger partial charge in [0.15, 0.2) is 5.78 Å². The molecule has 148 valence electrons. The molecule has 2 atom stereocenters. The molecule has 3 heterocycles. The number of carbonyl (C=O) groups excluding carboxylic acids is 1. The fourth-order valence-corrected chi connectivity index (χ4v) is 4.28. The van der Waals surface area contributed by atoms with Crippen molar-refractivity contribution in [3.8, 4) is 0 Å². The Morgan fingerprint density at radius 1 is 1.07 bits per heavy atom. The predicted molar refractivity (Wildman–Crippen MR) is 96.7 cm³/mol. The van der Waals surface area contributed by atoms with E-state index in [1.807, 2.05) is 18.2 Å². The normalized spacial score (nSPS) is 25.5. The molecule has 1 aromatic carbocycles. The van der Waals surface area contributed by atoms with Crippen LogP contribution in [0, 0.1) is 5.92 Å². The molecule has 7 heteroatoms. The zero-order chi connectivity index (χ0) is 19.7. The molecule has 2 saturated heterocycles. The number of aromatic nitrogens is 1. The highest BCUT2D eigenvalue weighted by Crippen LogP contribution is 2.37. The van der Waals surface area contributed by atoms with Crippen LogP contribution in [0.4, 0.5) is 13.2 Å². The van der Waals surface area contributed by atoms with Gasteiger partial charge in [-0.3, -0.25) is 14.7 Å². The Morgan fingerprint density at radius 3 is 2.39 bits per heavy atom. The van der Waals surface area contributed by atoms with E-state index in [4.69, 9.17) is 4.74 Å². The van der Waals surface area contributed by atoms with Crippen LogP contribution in [0.5, 0.6) is 0 Å². The van der Waals surface area contributed by atoms with Crippen molar-refractivity contribution < 1.29 is 22.7 Å². The number of nitrogens with zero attached hydrogens (tertiary/aromatic N) is 2. The maximum Gasteiger partial charge on any atom is 0.418 e. The van der Waals surface area contributed by atoms with E-state index < -0.39 is 29.1 Å². The highest BCUT2D eigenvalue weighted by Gasteiger charge is 2.44. The highest BCUT2D eigenvalue weighted by atomic mass is 19.4. The second-order valence-corrected chi connectivity index (χ2v) is 7.43. The van der Waals surface area contributed by atoms with Crippen LogP contribution in [0.3, 0.4) is 0 Å². The van der Waals surface area contributed by atoms with Crippen molar-refractivity contribution in [2.45, 2.75) is 37.6 Å². The van der Waals surface area contributed by atoms with Crippen LogP contribution in [0.1, 0.15) is 34.5 Å². The molecule has 0 saturated carbocycles. The first-order valence-corrected chi connectivity index (χ1v) is 9.37. The Bertz CT molecular complexity index is 827. The lowest BCUT2D eigenvalue weighted by molar-refractivity contribution is -0.138. The van der Waals surface area contributed by atoms with Crippen molar-refractivity contribution >= 4 is 5.78 Å². The minimum atomic E-state index is -4.59. The molecular weight excluding hydrogens is 369 g/mol. The number of fused-ring (bicyclic) bond motifs is 2. The zero-order valence-corrected chi connectivity index (χ0v) is 15.2. The molecule has 2 unspecified atom stereocenters. The standard InChI is InChI=1S/C21H21F3N2O2/c22-21(23,24)18-7-4-8-25-19(18)20(27)15-9-16-12-28-13-17(10-15)26(16)11-14-5-2-1-3-6-14/h1-8,15-17H,9-13H2. The number of hydrogen-bond donors (Lipinski definition) is 0. The Labute approximate surface area is 161 Å². The van der Waals surface area contributed by atoms with Gasteiger partial charge in [-0.2, -0.15) is 13.2 Å². The average Bonchev–Trinajstić information content (AvgIpc) is 2.67. The Hall–Kier alpha value is -2.25. The van der Waals surface area contributed by atoms with Crippen molar-refractivity contribution in [3.63, 3.8) is 0 Å². The largest absolute Gasteiger partial charge is 0.418 e. The summed E-state index contributed by atoms with van der Waals surface area (Å²) in [5, 5.41) is 0. The van der Waals surface area contributed by atoms with Gasteiger partial charge >= 0.3 is 6.18 Å². The topological polar surface area (TPSA) is 42.4 Å². The Kier molecular flexibility index (Phi) is 5.21. The SMILES string of the molecule is O=C(c1ncccc1C(F)(F)F)C1CC2COCC(C1)N2Cc1ccccc1. The number of morpholine rings is 1. The summed E-state index contributed by atoms with van der Waals surface area (Å²) in [7, 11) is 0. The highest BCUT2D eigenvalue weighted by molar-refractivity contribution is 5.97. The second-order valence-electron chi connectivity index (χ2n) is 7.43. The molecule has 2 aliphatic rings. The Morgan fingerprint density at radius 2 is 1.75 bits per heavy atom. The molecule has 4 nitrogen and oxygen atoms in total. The maximum absolute atomic E-state index is 13.3. The molecule has 1 aromatic heterocycles. The van der Waals surface area contributed by atoms with Crippen LogP contribution < -0.4 is 0 Å². The van der Waals surface area contributed by atoms with E-state index >= 15 is 0 Å². The quantitative estimate of drug-likeness (QED) is 0.741. The number of carbonyl (C=O) groups is 1. The fourth-order valence-electron chi connectivity index (χ4n) is 4.28. The molecule has 0 amide bonds. The second kappa shape index (κ2) is 7.64. The van der Waals surface area contributed by atoms with Gasteiger partial charge in [0.05, 0.1) is 18.8 Å². The Balaban J connectivity index is 1.54. The molecular formula is C21H21F3N2O2. The van der Waals surface area contributed by atoms with E-state index in [2.05, 4.69) is 22.0 Å². The number of ether oxygens (including phenoxy) is 1. The van der Waals surface area contributed by atoms with Gasteiger partial charge in [0.25, 0.3) is 0 Å². The third-order valence-corrected chi connectivity index (χ3v) is 5.60. The smallest absolute Gasteiger partial charge is 0.378 e. The van der Waals surface area contributed by atoms with Crippen LogP contribution in [0.15, 0.2) is 48.7 Å². The number of benzene rings is 1. The molecule has 4 rings (SSSR count). The predicted octanol–water partition coefficient (Wildman–Crippen LogP) is 3.96. The van der Waals surface area contributed by atoms with Gasteiger partial charge in [-0.25, -0.2) is 0 Å². The number of hydrogen-bond acceptors (Lipinski definition) is 4. The summed E-state index contributed by atoms with van der Waals surface area (Å²) in [6.07, 6.45) is -2.38. The van der Waals surface area contributed by atoms with Crippen molar-refractivity contribution in [1.82, 2.24) is 9.88 Å². The van der Waals surface area contributed by atoms with Gasteiger partial charge in [0.2, 0.25) is 0 Å². The van der Waals surface area contributed by atoms with E-state index in [0.717, 1.165) is 12.6 Å². The van der Waals surface area contributed by atoms with Crippen molar-refractivity contribution in [2.24, 2.45) is 5.92 Å². The third-order valence-electron chi connectivity index (χ3n) is 5.60. The van der Waals surface area contributed by atoms with E-state index in [0.29, 0.717) is 26.1 Å². The lowest BCUT2D eigenvalue weighted by Gasteiger charge is -2.48. The lowest BCUT2D eigenvalue weighted by Crippen LogP contribution is -2.57. The molecule has 0 radical (unpaired) electrons. The fraction of sp³-hybridized carbons (Fsp3) is 0.429. The van der Waals surface area contributed by atoms with Crippen LogP contribution >= 0.6 is 0 Å². The number of alkyl halides is 3. The minimum absolute atomic E-state index is 0.0136. The molecule has 28 heavy (non-hydrogen) atoms. The van der Waals surface area contributed by atoms with Crippen LogP contribution in [0.2, 0.25) is 0 Å². The van der Waals surface area contributed by atoms with Crippen LogP contribution in [-0.2, 0) is 17.5 Å². The average molecular weight is 390 g/mol. The molecule has 2 fully saturated rings. The van der Waals surface area contributed by atoms with Gasteiger partial charge in [-0.15, -0.1) is 0 Å².